The lowest BCUT2D eigenvalue weighted by atomic mass is 10.1. The fourth-order valence-electron chi connectivity index (χ4n) is 3.24. The molecule has 4 rings (SSSR count). The van der Waals surface area contributed by atoms with Gasteiger partial charge in [-0.1, -0.05) is 0 Å². The maximum atomic E-state index is 12.6. The molecule has 0 saturated carbocycles. The van der Waals surface area contributed by atoms with Crippen molar-refractivity contribution in [3.8, 4) is 5.75 Å². The van der Waals surface area contributed by atoms with E-state index in [1.54, 1.807) is 25.5 Å². The summed E-state index contributed by atoms with van der Waals surface area (Å²) in [4.78, 5) is 16.6. The van der Waals surface area contributed by atoms with Gasteiger partial charge in [-0.15, -0.1) is 0 Å². The third kappa shape index (κ3) is 4.80. The van der Waals surface area contributed by atoms with Gasteiger partial charge in [0.1, 0.15) is 11.9 Å². The summed E-state index contributed by atoms with van der Waals surface area (Å²) in [6.07, 6.45) is 4.55. The minimum atomic E-state index is -0.775. The SMILES string of the molecule is Cc1ncc(C(=O)Nc2cc3cn(CCC(C)(C)O)nc3cc2O[C@H]2CCOC2)o1. The normalized spacial score (nSPS) is 16.9. The Morgan fingerprint density at radius 3 is 2.93 bits per heavy atom. The first-order valence-electron chi connectivity index (χ1n) is 9.99. The molecule has 0 aliphatic carbocycles. The molecule has 3 heterocycles. The molecule has 0 bridgehead atoms. The Labute approximate surface area is 174 Å². The summed E-state index contributed by atoms with van der Waals surface area (Å²) in [7, 11) is 0. The van der Waals surface area contributed by atoms with Crippen molar-refractivity contribution < 1.29 is 23.8 Å². The Hall–Kier alpha value is -2.91. The van der Waals surface area contributed by atoms with Crippen molar-refractivity contribution in [1.82, 2.24) is 14.8 Å². The number of anilines is 1. The molecule has 2 N–H and O–H groups in total. The van der Waals surface area contributed by atoms with E-state index in [4.69, 9.17) is 13.9 Å². The van der Waals surface area contributed by atoms with E-state index in [-0.39, 0.29) is 11.9 Å². The van der Waals surface area contributed by atoms with Gasteiger partial charge in [0, 0.05) is 37.5 Å². The van der Waals surface area contributed by atoms with Crippen LogP contribution in [0.4, 0.5) is 5.69 Å². The van der Waals surface area contributed by atoms with E-state index in [9.17, 15) is 9.90 Å². The number of carbonyl (C=O) groups is 1. The van der Waals surface area contributed by atoms with Gasteiger partial charge in [0.2, 0.25) is 5.76 Å². The molecule has 1 aliphatic rings. The number of aryl methyl sites for hydroxylation is 2. The van der Waals surface area contributed by atoms with Gasteiger partial charge in [0.25, 0.3) is 5.91 Å². The molecule has 9 nitrogen and oxygen atoms in total. The van der Waals surface area contributed by atoms with Crippen LogP contribution >= 0.6 is 0 Å². The van der Waals surface area contributed by atoms with Gasteiger partial charge < -0.3 is 24.3 Å². The van der Waals surface area contributed by atoms with Gasteiger partial charge in [-0.05, 0) is 26.3 Å². The Kier molecular flexibility index (Phi) is 5.48. The van der Waals surface area contributed by atoms with Gasteiger partial charge in [-0.2, -0.15) is 5.10 Å². The van der Waals surface area contributed by atoms with Crippen molar-refractivity contribution in [2.24, 2.45) is 0 Å². The molecule has 0 radical (unpaired) electrons. The number of ether oxygens (including phenoxy) is 2. The van der Waals surface area contributed by atoms with Crippen molar-refractivity contribution in [1.29, 1.82) is 0 Å². The highest BCUT2D eigenvalue weighted by atomic mass is 16.5. The lowest BCUT2D eigenvalue weighted by molar-refractivity contribution is 0.0651. The van der Waals surface area contributed by atoms with Crippen LogP contribution < -0.4 is 10.1 Å². The molecule has 9 heteroatoms. The molecule has 1 fully saturated rings. The molecule has 3 aromatic rings. The van der Waals surface area contributed by atoms with Crippen LogP contribution in [0.1, 0.15) is 43.1 Å². The largest absolute Gasteiger partial charge is 0.486 e. The number of amides is 1. The van der Waals surface area contributed by atoms with E-state index >= 15 is 0 Å². The third-order valence-corrected chi connectivity index (χ3v) is 4.88. The topological polar surface area (TPSA) is 112 Å². The number of fused-ring (bicyclic) bond motifs is 1. The van der Waals surface area contributed by atoms with Crippen LogP contribution in [-0.2, 0) is 11.3 Å². The van der Waals surface area contributed by atoms with Gasteiger partial charge in [-0.3, -0.25) is 9.48 Å². The first kappa shape index (κ1) is 20.4. The summed E-state index contributed by atoms with van der Waals surface area (Å²) < 4.78 is 18.6. The van der Waals surface area contributed by atoms with Crippen molar-refractivity contribution in [3.05, 3.63) is 36.2 Å². The summed E-state index contributed by atoms with van der Waals surface area (Å²) in [6.45, 7) is 6.95. The zero-order valence-corrected chi connectivity index (χ0v) is 17.3. The quantitative estimate of drug-likeness (QED) is 0.611. The minimum Gasteiger partial charge on any atom is -0.486 e. The van der Waals surface area contributed by atoms with Crippen LogP contribution in [0.5, 0.6) is 5.75 Å². The molecule has 30 heavy (non-hydrogen) atoms. The van der Waals surface area contributed by atoms with E-state index in [0.29, 0.717) is 43.5 Å². The van der Waals surface area contributed by atoms with Crippen LogP contribution in [-0.4, -0.2) is 50.7 Å². The Morgan fingerprint density at radius 2 is 2.27 bits per heavy atom. The van der Waals surface area contributed by atoms with Gasteiger partial charge in [-0.25, -0.2) is 4.98 Å². The second-order valence-corrected chi connectivity index (χ2v) is 8.16. The van der Waals surface area contributed by atoms with Crippen molar-refractivity contribution >= 4 is 22.5 Å². The maximum Gasteiger partial charge on any atom is 0.293 e. The third-order valence-electron chi connectivity index (χ3n) is 4.88. The fourth-order valence-corrected chi connectivity index (χ4v) is 3.24. The maximum absolute atomic E-state index is 12.6. The number of rotatable bonds is 7. The number of nitrogens with zero attached hydrogens (tertiary/aromatic N) is 3. The van der Waals surface area contributed by atoms with Crippen molar-refractivity contribution in [3.63, 3.8) is 0 Å². The van der Waals surface area contributed by atoms with E-state index in [2.05, 4.69) is 15.4 Å². The molecule has 1 amide bonds. The highest BCUT2D eigenvalue weighted by molar-refractivity contribution is 6.04. The number of hydrogen-bond donors (Lipinski definition) is 2. The van der Waals surface area contributed by atoms with E-state index in [1.807, 2.05) is 18.3 Å². The molecular formula is C21H26N4O5. The van der Waals surface area contributed by atoms with Crippen molar-refractivity contribution in [2.75, 3.05) is 18.5 Å². The number of aromatic nitrogens is 3. The summed E-state index contributed by atoms with van der Waals surface area (Å²) >= 11 is 0. The van der Waals surface area contributed by atoms with Crippen LogP contribution in [0, 0.1) is 6.92 Å². The Balaban J connectivity index is 1.63. The minimum absolute atomic E-state index is 0.0806. The first-order chi connectivity index (χ1) is 14.3. The second-order valence-electron chi connectivity index (χ2n) is 8.16. The van der Waals surface area contributed by atoms with Crippen LogP contribution in [0.2, 0.25) is 0 Å². The average Bonchev–Trinajstić information content (AvgIpc) is 3.40. The number of aliphatic hydroxyl groups is 1. The number of carbonyl (C=O) groups excluding carboxylic acids is 1. The standard InChI is InChI=1S/C21H26N4O5/c1-13-22-10-19(29-13)20(26)23-17-8-14-11-25(6-5-21(2,3)27)24-16(14)9-18(17)30-15-4-7-28-12-15/h8-11,15,27H,4-7,12H2,1-3H3,(H,23,26)/t15-/m0/s1. The first-order valence-corrected chi connectivity index (χ1v) is 9.99. The molecule has 1 atom stereocenters. The Morgan fingerprint density at radius 1 is 1.43 bits per heavy atom. The molecule has 160 valence electrons. The van der Waals surface area contributed by atoms with Crippen molar-refractivity contribution in [2.45, 2.75) is 51.9 Å². The molecule has 0 spiro atoms. The lowest BCUT2D eigenvalue weighted by Crippen LogP contribution is -2.21. The molecule has 0 unspecified atom stereocenters. The van der Waals surface area contributed by atoms with E-state index < -0.39 is 11.5 Å². The predicted molar refractivity (Wildman–Crippen MR) is 110 cm³/mol. The zero-order chi connectivity index (χ0) is 21.3. The van der Waals surface area contributed by atoms with Crippen LogP contribution in [0.25, 0.3) is 10.9 Å². The predicted octanol–water partition coefficient (Wildman–Crippen LogP) is 2.91. The number of hydrogen-bond acceptors (Lipinski definition) is 7. The molecule has 1 aromatic carbocycles. The van der Waals surface area contributed by atoms with Gasteiger partial charge in [0.05, 0.1) is 36.2 Å². The van der Waals surface area contributed by atoms with Gasteiger partial charge in [0.15, 0.2) is 5.89 Å². The smallest absolute Gasteiger partial charge is 0.293 e. The summed E-state index contributed by atoms with van der Waals surface area (Å²) in [5.74, 6) is 0.666. The highest BCUT2D eigenvalue weighted by Crippen LogP contribution is 2.32. The van der Waals surface area contributed by atoms with E-state index in [0.717, 1.165) is 17.3 Å². The Bertz CT molecular complexity index is 1040. The van der Waals surface area contributed by atoms with Gasteiger partial charge >= 0.3 is 0 Å². The molecular weight excluding hydrogens is 388 g/mol. The number of oxazole rings is 1. The molecule has 1 saturated heterocycles. The summed E-state index contributed by atoms with van der Waals surface area (Å²) in [5.41, 5.74) is 0.493. The fraction of sp³-hybridized carbons (Fsp3) is 0.476. The van der Waals surface area contributed by atoms with Crippen LogP contribution in [0.3, 0.4) is 0 Å². The summed E-state index contributed by atoms with van der Waals surface area (Å²) in [6, 6.07) is 3.64. The monoisotopic (exact) mass is 414 g/mol. The zero-order valence-electron chi connectivity index (χ0n) is 17.3. The number of benzene rings is 1. The molecule has 2 aromatic heterocycles. The summed E-state index contributed by atoms with van der Waals surface area (Å²) in [5, 5.41) is 18.3. The molecule has 1 aliphatic heterocycles. The highest BCUT2D eigenvalue weighted by Gasteiger charge is 2.22. The van der Waals surface area contributed by atoms with Crippen LogP contribution in [0.15, 0.2) is 28.9 Å². The average molecular weight is 414 g/mol. The number of nitrogens with one attached hydrogen (secondary N) is 1. The lowest BCUT2D eigenvalue weighted by Gasteiger charge is -2.16. The second kappa shape index (κ2) is 8.08. The van der Waals surface area contributed by atoms with E-state index in [1.165, 1.54) is 6.20 Å².